The molecule has 18 heavy (non-hydrogen) atoms. The highest BCUT2D eigenvalue weighted by molar-refractivity contribution is 7.11. The fourth-order valence-electron chi connectivity index (χ4n) is 1.66. The number of halogens is 1. The molecule has 1 heterocycles. The van der Waals surface area contributed by atoms with Crippen LogP contribution in [0.25, 0.3) is 0 Å². The first kappa shape index (κ1) is 15.2. The van der Waals surface area contributed by atoms with Crippen molar-refractivity contribution in [3.8, 4) is 0 Å². The van der Waals surface area contributed by atoms with Crippen molar-refractivity contribution in [2.45, 2.75) is 45.6 Å². The lowest BCUT2D eigenvalue weighted by atomic mass is 10.1. The molecule has 0 N–H and O–H groups in total. The van der Waals surface area contributed by atoms with E-state index in [0.29, 0.717) is 10.9 Å². The number of hydrogen-bond donors (Lipinski definition) is 0. The summed E-state index contributed by atoms with van der Waals surface area (Å²) in [5.74, 6) is 0. The summed E-state index contributed by atoms with van der Waals surface area (Å²) in [5.41, 5.74) is 0.956. The highest BCUT2D eigenvalue weighted by Gasteiger charge is 2.05. The number of aryl methyl sites for hydroxylation is 1. The van der Waals surface area contributed by atoms with E-state index in [2.05, 4.69) is 12.1 Å². The first-order chi connectivity index (χ1) is 8.67. The largest absolute Gasteiger partial charge is 0.399 e. The molecule has 4 nitrogen and oxygen atoms in total. The molecule has 0 bridgehead atoms. The molecule has 1 aromatic heterocycles. The van der Waals surface area contributed by atoms with E-state index in [9.17, 15) is 4.79 Å². The predicted molar refractivity (Wildman–Crippen MR) is 76.8 cm³/mol. The topological polar surface area (TPSA) is 43.6 Å². The summed E-state index contributed by atoms with van der Waals surface area (Å²) < 4.78 is 2.17. The van der Waals surface area contributed by atoms with Gasteiger partial charge in [-0.3, -0.25) is 8.75 Å². The monoisotopic (exact) mass is 290 g/mol. The molecule has 0 fully saturated rings. The smallest absolute Gasteiger partial charge is 0.262 e. The van der Waals surface area contributed by atoms with E-state index >= 15 is 0 Å². The highest BCUT2D eigenvalue weighted by Crippen LogP contribution is 2.13. The van der Waals surface area contributed by atoms with Crippen molar-refractivity contribution in [1.29, 1.82) is 0 Å². The molecule has 0 saturated heterocycles. The Morgan fingerprint density at radius 2 is 2.28 bits per heavy atom. The zero-order chi connectivity index (χ0) is 13.4. The number of unbranched alkanes of at least 4 members (excludes halogenated alkanes) is 2. The van der Waals surface area contributed by atoms with Crippen molar-refractivity contribution in [1.82, 2.24) is 3.96 Å². The van der Waals surface area contributed by atoms with Crippen LogP contribution in [0.5, 0.6) is 0 Å². The second-order valence-corrected chi connectivity index (χ2v) is 5.72. The molecule has 0 amide bonds. The molecule has 0 saturated carbocycles. The molecule has 1 rings (SSSR count). The highest BCUT2D eigenvalue weighted by atomic mass is 35.5. The molecular weight excluding hydrogens is 272 g/mol. The quantitative estimate of drug-likeness (QED) is 0.417. The number of oxime groups is 1. The lowest BCUT2D eigenvalue weighted by Gasteiger charge is -2.05. The predicted octanol–water partition coefficient (Wildman–Crippen LogP) is 3.54. The van der Waals surface area contributed by atoms with Crippen molar-refractivity contribution in [3.05, 3.63) is 20.8 Å². The third kappa shape index (κ3) is 5.23. The summed E-state index contributed by atoms with van der Waals surface area (Å²) >= 11 is 7.06. The molecule has 1 aromatic rings. The summed E-state index contributed by atoms with van der Waals surface area (Å²) in [7, 11) is 1.55. The maximum absolute atomic E-state index is 11.5. The summed E-state index contributed by atoms with van der Waals surface area (Å²) in [5, 5.41) is 4.02. The summed E-state index contributed by atoms with van der Waals surface area (Å²) in [6.07, 6.45) is 5.14. The number of rotatable bonds is 8. The minimum absolute atomic E-state index is 0.0460. The van der Waals surface area contributed by atoms with Crippen molar-refractivity contribution < 1.29 is 4.84 Å². The molecule has 0 aliphatic heterocycles. The maximum Gasteiger partial charge on any atom is 0.262 e. The SMILES string of the molecule is CCCCCC(CCn1sc(Cl)cc1=O)=NOC. The van der Waals surface area contributed by atoms with Gasteiger partial charge in [0.15, 0.2) is 0 Å². The van der Waals surface area contributed by atoms with Crippen LogP contribution in [-0.2, 0) is 11.4 Å². The molecule has 0 aliphatic rings. The Labute approximate surface area is 116 Å². The number of nitrogens with zero attached hydrogens (tertiary/aromatic N) is 2. The Hall–Kier alpha value is -0.810. The third-order valence-electron chi connectivity index (χ3n) is 2.57. The Kier molecular flexibility index (Phi) is 7.05. The fraction of sp³-hybridized carbons (Fsp3) is 0.667. The van der Waals surface area contributed by atoms with Gasteiger partial charge in [-0.15, -0.1) is 0 Å². The Bertz CT molecular complexity index is 440. The van der Waals surface area contributed by atoms with Crippen LogP contribution in [0.2, 0.25) is 4.34 Å². The van der Waals surface area contributed by atoms with Crippen molar-refractivity contribution >= 4 is 28.8 Å². The van der Waals surface area contributed by atoms with Gasteiger partial charge in [-0.2, -0.15) is 0 Å². The van der Waals surface area contributed by atoms with Gasteiger partial charge >= 0.3 is 0 Å². The zero-order valence-electron chi connectivity index (χ0n) is 10.8. The lowest BCUT2D eigenvalue weighted by molar-refractivity contribution is 0.211. The Morgan fingerprint density at radius 3 is 2.83 bits per heavy atom. The first-order valence-corrected chi connectivity index (χ1v) is 7.28. The van der Waals surface area contributed by atoms with Crippen LogP contribution in [0, 0.1) is 0 Å². The van der Waals surface area contributed by atoms with E-state index in [1.807, 2.05) is 0 Å². The second kappa shape index (κ2) is 8.32. The van der Waals surface area contributed by atoms with Gasteiger partial charge in [0.1, 0.15) is 11.4 Å². The van der Waals surface area contributed by atoms with Gasteiger partial charge in [-0.1, -0.05) is 36.5 Å². The van der Waals surface area contributed by atoms with Crippen LogP contribution < -0.4 is 5.56 Å². The average Bonchev–Trinajstić information content (AvgIpc) is 2.65. The van der Waals surface area contributed by atoms with Gasteiger partial charge in [0, 0.05) is 19.0 Å². The third-order valence-corrected chi connectivity index (χ3v) is 3.76. The van der Waals surface area contributed by atoms with Crippen molar-refractivity contribution in [2.24, 2.45) is 5.16 Å². The minimum atomic E-state index is -0.0460. The van der Waals surface area contributed by atoms with Crippen LogP contribution in [0.15, 0.2) is 16.0 Å². The van der Waals surface area contributed by atoms with Crippen LogP contribution in [0.1, 0.15) is 39.0 Å². The van der Waals surface area contributed by atoms with Crippen LogP contribution >= 0.6 is 23.1 Å². The van der Waals surface area contributed by atoms with E-state index in [1.165, 1.54) is 30.4 Å². The first-order valence-electron chi connectivity index (χ1n) is 6.13. The normalized spacial score (nSPS) is 11.8. The Balaban J connectivity index is 2.49. The van der Waals surface area contributed by atoms with E-state index in [4.69, 9.17) is 16.4 Å². The molecule has 0 spiro atoms. The molecule has 0 radical (unpaired) electrons. The second-order valence-electron chi connectivity index (χ2n) is 4.03. The molecule has 102 valence electrons. The molecular formula is C12H19ClN2O2S. The van der Waals surface area contributed by atoms with E-state index in [-0.39, 0.29) is 5.56 Å². The summed E-state index contributed by atoms with van der Waals surface area (Å²) in [6, 6.07) is 1.44. The lowest BCUT2D eigenvalue weighted by Crippen LogP contribution is -2.14. The van der Waals surface area contributed by atoms with Crippen LogP contribution in [0.3, 0.4) is 0 Å². The van der Waals surface area contributed by atoms with E-state index < -0.39 is 0 Å². The molecule has 0 aliphatic carbocycles. The number of hydrogen-bond acceptors (Lipinski definition) is 4. The Morgan fingerprint density at radius 1 is 1.50 bits per heavy atom. The molecule has 0 unspecified atom stereocenters. The van der Waals surface area contributed by atoms with Gasteiger partial charge < -0.3 is 4.84 Å². The van der Waals surface area contributed by atoms with Crippen molar-refractivity contribution in [3.63, 3.8) is 0 Å². The van der Waals surface area contributed by atoms with Gasteiger partial charge in [-0.25, -0.2) is 0 Å². The minimum Gasteiger partial charge on any atom is -0.399 e. The van der Waals surface area contributed by atoms with Gasteiger partial charge in [0.25, 0.3) is 5.56 Å². The average molecular weight is 291 g/mol. The standard InChI is InChI=1S/C12H19ClN2O2S/c1-3-4-5-6-10(14-17-2)7-8-15-12(16)9-11(13)18-15/h9H,3-8H2,1-2H3. The fourth-order valence-corrected chi connectivity index (χ4v) is 2.69. The van der Waals surface area contributed by atoms with E-state index in [0.717, 1.165) is 25.0 Å². The van der Waals surface area contributed by atoms with Gasteiger partial charge in [0.05, 0.1) is 5.71 Å². The van der Waals surface area contributed by atoms with E-state index in [1.54, 1.807) is 11.1 Å². The van der Waals surface area contributed by atoms with Gasteiger partial charge in [0.2, 0.25) is 0 Å². The van der Waals surface area contributed by atoms with Crippen LogP contribution in [-0.4, -0.2) is 16.8 Å². The molecule has 0 atom stereocenters. The summed E-state index contributed by atoms with van der Waals surface area (Å²) in [4.78, 5) is 16.3. The van der Waals surface area contributed by atoms with Gasteiger partial charge in [-0.05, 0) is 24.4 Å². The molecule has 0 aromatic carbocycles. The maximum atomic E-state index is 11.5. The zero-order valence-corrected chi connectivity index (χ0v) is 12.4. The van der Waals surface area contributed by atoms with Crippen molar-refractivity contribution in [2.75, 3.05) is 7.11 Å². The van der Waals surface area contributed by atoms with Crippen LogP contribution in [0.4, 0.5) is 0 Å². The summed E-state index contributed by atoms with van der Waals surface area (Å²) in [6.45, 7) is 2.78. The molecule has 6 heteroatoms. The number of aromatic nitrogens is 1.